The van der Waals surface area contributed by atoms with E-state index in [0.717, 1.165) is 31.2 Å². The van der Waals surface area contributed by atoms with Gasteiger partial charge in [0.15, 0.2) is 5.43 Å². The van der Waals surface area contributed by atoms with Crippen LogP contribution in [-0.4, -0.2) is 45.5 Å². The summed E-state index contributed by atoms with van der Waals surface area (Å²) in [5.74, 6) is 0. The average Bonchev–Trinajstić information content (AvgIpc) is 2.58. The third-order valence-corrected chi connectivity index (χ3v) is 5.75. The smallest absolute Gasteiger partial charge is 0.240 e. The molecule has 0 fully saturated rings. The molecule has 2 N–H and O–H groups in total. The van der Waals surface area contributed by atoms with E-state index < -0.39 is 10.0 Å². The highest BCUT2D eigenvalue weighted by molar-refractivity contribution is 7.89. The lowest BCUT2D eigenvalue weighted by Crippen LogP contribution is -2.42. The minimum atomic E-state index is -3.63. The number of sulfonamides is 1. The van der Waals surface area contributed by atoms with E-state index in [1.807, 2.05) is 31.1 Å². The van der Waals surface area contributed by atoms with E-state index in [1.54, 1.807) is 6.07 Å². The van der Waals surface area contributed by atoms with Gasteiger partial charge in [-0.15, -0.1) is 0 Å². The van der Waals surface area contributed by atoms with Crippen LogP contribution in [0, 0.1) is 0 Å². The maximum atomic E-state index is 12.7. The molecule has 0 saturated carbocycles. The van der Waals surface area contributed by atoms with Crippen molar-refractivity contribution in [2.24, 2.45) is 0 Å². The van der Waals surface area contributed by atoms with Gasteiger partial charge in [0.25, 0.3) is 0 Å². The Morgan fingerprint density at radius 2 is 1.96 bits per heavy atom. The molecule has 3 rings (SSSR count). The fourth-order valence-corrected chi connectivity index (χ4v) is 4.07. The summed E-state index contributed by atoms with van der Waals surface area (Å²) in [6.45, 7) is 1.17. The van der Waals surface area contributed by atoms with E-state index in [2.05, 4.69) is 9.71 Å². The van der Waals surface area contributed by atoms with Crippen molar-refractivity contribution < 1.29 is 8.42 Å². The van der Waals surface area contributed by atoms with Gasteiger partial charge in [-0.05, 0) is 58.1 Å². The maximum Gasteiger partial charge on any atom is 0.240 e. The molecule has 0 saturated heterocycles. The molecule has 1 aliphatic carbocycles. The summed E-state index contributed by atoms with van der Waals surface area (Å²) in [4.78, 5) is 18.0. The van der Waals surface area contributed by atoms with Crippen LogP contribution in [0.4, 0.5) is 0 Å². The van der Waals surface area contributed by atoms with E-state index in [9.17, 15) is 13.2 Å². The number of hydrogen-bond donors (Lipinski definition) is 2. The number of aromatic nitrogens is 1. The van der Waals surface area contributed by atoms with Crippen LogP contribution in [0.2, 0.25) is 0 Å². The van der Waals surface area contributed by atoms with Crippen LogP contribution in [0.25, 0.3) is 23.1 Å². The van der Waals surface area contributed by atoms with Gasteiger partial charge < -0.3 is 9.88 Å². The minimum Gasteiger partial charge on any atom is -0.355 e. The molecular weight excluding hydrogens is 338 g/mol. The number of aromatic amines is 1. The Morgan fingerprint density at radius 1 is 1.20 bits per heavy atom. The highest BCUT2D eigenvalue weighted by atomic mass is 32.2. The van der Waals surface area contributed by atoms with Crippen molar-refractivity contribution in [3.05, 3.63) is 39.0 Å². The molecule has 1 aliphatic rings. The Balaban J connectivity index is 1.96. The number of benzene rings is 1. The molecule has 2 aromatic rings. The van der Waals surface area contributed by atoms with Crippen LogP contribution < -0.4 is 20.7 Å². The van der Waals surface area contributed by atoms with E-state index in [1.165, 1.54) is 12.1 Å². The molecule has 0 bridgehead atoms. The SMILES string of the molecule is CN(C)CCCNS(=O)(=O)c1ccc2[nH]c3c(c(=O)c2c1)=CCCC=3. The summed E-state index contributed by atoms with van der Waals surface area (Å²) >= 11 is 0. The van der Waals surface area contributed by atoms with Crippen molar-refractivity contribution in [1.29, 1.82) is 0 Å². The lowest BCUT2D eigenvalue weighted by molar-refractivity contribution is 0.400. The summed E-state index contributed by atoms with van der Waals surface area (Å²) in [6.07, 6.45) is 6.37. The zero-order valence-electron chi connectivity index (χ0n) is 14.5. The predicted molar refractivity (Wildman–Crippen MR) is 100 cm³/mol. The Labute approximate surface area is 146 Å². The standard InChI is InChI=1S/C18H23N3O3S/c1-21(2)11-5-10-19-25(23,24)13-8-9-17-15(12-13)18(22)14-6-3-4-7-16(14)20-17/h6-9,12,19-20H,3-5,10-11H2,1-2H3. The minimum absolute atomic E-state index is 0.120. The molecule has 134 valence electrons. The van der Waals surface area contributed by atoms with Gasteiger partial charge in [-0.2, -0.15) is 0 Å². The first-order valence-electron chi connectivity index (χ1n) is 8.39. The van der Waals surface area contributed by atoms with Gasteiger partial charge in [-0.25, -0.2) is 13.1 Å². The van der Waals surface area contributed by atoms with Crippen molar-refractivity contribution in [2.45, 2.75) is 24.2 Å². The molecule has 0 aliphatic heterocycles. The van der Waals surface area contributed by atoms with Crippen LogP contribution in [0.3, 0.4) is 0 Å². The zero-order chi connectivity index (χ0) is 18.0. The normalized spacial score (nSPS) is 14.2. The second kappa shape index (κ2) is 7.11. The summed E-state index contributed by atoms with van der Waals surface area (Å²) in [5, 5.41) is 1.86. The van der Waals surface area contributed by atoms with E-state index >= 15 is 0 Å². The van der Waals surface area contributed by atoms with Crippen LogP contribution >= 0.6 is 0 Å². The van der Waals surface area contributed by atoms with Gasteiger partial charge in [0, 0.05) is 28.0 Å². The molecule has 1 heterocycles. The van der Waals surface area contributed by atoms with Gasteiger partial charge >= 0.3 is 0 Å². The molecule has 0 amide bonds. The fourth-order valence-electron chi connectivity index (χ4n) is 2.97. The summed E-state index contributed by atoms with van der Waals surface area (Å²) in [6, 6.07) is 4.66. The Morgan fingerprint density at radius 3 is 2.72 bits per heavy atom. The van der Waals surface area contributed by atoms with E-state index in [0.29, 0.717) is 22.7 Å². The largest absolute Gasteiger partial charge is 0.355 e. The van der Waals surface area contributed by atoms with Crippen molar-refractivity contribution in [2.75, 3.05) is 27.2 Å². The topological polar surface area (TPSA) is 82.3 Å². The molecule has 0 spiro atoms. The van der Waals surface area contributed by atoms with Gasteiger partial charge in [0.1, 0.15) is 0 Å². The fraction of sp³-hybridized carbons (Fsp3) is 0.389. The van der Waals surface area contributed by atoms with Crippen molar-refractivity contribution in [3.8, 4) is 0 Å². The highest BCUT2D eigenvalue weighted by Crippen LogP contribution is 2.14. The lowest BCUT2D eigenvalue weighted by Gasteiger charge is -2.11. The first kappa shape index (κ1) is 17.8. The van der Waals surface area contributed by atoms with Crippen LogP contribution in [0.1, 0.15) is 19.3 Å². The Hall–Kier alpha value is -1.96. The summed E-state index contributed by atoms with van der Waals surface area (Å²) in [7, 11) is 0.260. The van der Waals surface area contributed by atoms with Crippen molar-refractivity contribution in [3.63, 3.8) is 0 Å². The van der Waals surface area contributed by atoms with E-state index in [-0.39, 0.29) is 10.3 Å². The third kappa shape index (κ3) is 3.84. The lowest BCUT2D eigenvalue weighted by atomic mass is 10.1. The maximum absolute atomic E-state index is 12.7. The molecule has 7 heteroatoms. The molecule has 0 radical (unpaired) electrons. The van der Waals surface area contributed by atoms with Crippen molar-refractivity contribution >= 4 is 33.1 Å². The van der Waals surface area contributed by atoms with Gasteiger partial charge in [0.05, 0.1) is 4.90 Å². The number of H-pyrrole nitrogens is 1. The molecular formula is C18H23N3O3S. The van der Waals surface area contributed by atoms with Gasteiger partial charge in [0.2, 0.25) is 10.0 Å². The van der Waals surface area contributed by atoms with Crippen molar-refractivity contribution in [1.82, 2.24) is 14.6 Å². The van der Waals surface area contributed by atoms with Crippen LogP contribution in [0.15, 0.2) is 27.9 Å². The summed E-state index contributed by atoms with van der Waals surface area (Å²) < 4.78 is 27.5. The predicted octanol–water partition coefficient (Wildman–Crippen LogP) is 0.113. The Bertz CT molecular complexity index is 1070. The number of nitrogens with zero attached hydrogens (tertiary/aromatic N) is 1. The zero-order valence-corrected chi connectivity index (χ0v) is 15.3. The number of fused-ring (bicyclic) bond motifs is 2. The average molecular weight is 361 g/mol. The second-order valence-corrected chi connectivity index (χ2v) is 8.30. The highest BCUT2D eigenvalue weighted by Gasteiger charge is 2.15. The quantitative estimate of drug-likeness (QED) is 0.716. The second-order valence-electron chi connectivity index (χ2n) is 6.53. The van der Waals surface area contributed by atoms with Crippen LogP contribution in [-0.2, 0) is 10.0 Å². The van der Waals surface area contributed by atoms with Crippen LogP contribution in [0.5, 0.6) is 0 Å². The molecule has 25 heavy (non-hydrogen) atoms. The number of nitrogens with one attached hydrogen (secondary N) is 2. The molecule has 1 aromatic heterocycles. The number of pyridine rings is 1. The Kier molecular flexibility index (Phi) is 5.08. The number of rotatable bonds is 6. The molecule has 0 atom stereocenters. The molecule has 6 nitrogen and oxygen atoms in total. The van der Waals surface area contributed by atoms with Gasteiger partial charge in [-0.1, -0.05) is 12.2 Å². The molecule has 1 aromatic carbocycles. The first-order valence-corrected chi connectivity index (χ1v) is 9.87. The molecule has 0 unspecified atom stereocenters. The third-order valence-electron chi connectivity index (χ3n) is 4.29. The number of hydrogen-bond acceptors (Lipinski definition) is 4. The van der Waals surface area contributed by atoms with Gasteiger partial charge in [-0.3, -0.25) is 4.79 Å². The monoisotopic (exact) mass is 361 g/mol. The van der Waals surface area contributed by atoms with E-state index in [4.69, 9.17) is 0 Å². The summed E-state index contributed by atoms with van der Waals surface area (Å²) in [5.41, 5.74) is 0.534. The first-order chi connectivity index (χ1) is 11.9.